The van der Waals surface area contributed by atoms with Crippen LogP contribution in [0.1, 0.15) is 27.9 Å². The van der Waals surface area contributed by atoms with E-state index >= 15 is 0 Å². The second-order valence-electron chi connectivity index (χ2n) is 9.59. The SMILES string of the molecule is CN(CCCNC(=O)c1ccc(C=C2Sc3ccccc3N(Cc3cccc(Cl)c3)C2=O)cc1)c1ccccc1. The van der Waals surface area contributed by atoms with Gasteiger partial charge in [0.1, 0.15) is 0 Å². The standard InChI is InChI=1S/C33H30ClN3O2S/c1-36(28-11-3-2-4-12-28)20-8-19-35-32(38)26-17-15-24(16-18-26)22-31-33(39)37(23-25-9-7-10-27(34)21-25)29-13-5-6-14-30(29)40-31/h2-7,9-18,21-22H,8,19-20,23H2,1H3,(H,35,38). The molecule has 7 heteroatoms. The number of amides is 2. The molecule has 0 spiro atoms. The molecule has 0 saturated heterocycles. The lowest BCUT2D eigenvalue weighted by Gasteiger charge is -2.30. The fourth-order valence-corrected chi connectivity index (χ4v) is 5.82. The maximum Gasteiger partial charge on any atom is 0.265 e. The largest absolute Gasteiger partial charge is 0.375 e. The number of anilines is 2. The fraction of sp³-hybridized carbons (Fsp3) is 0.152. The molecule has 2 amide bonds. The number of thioether (sulfide) groups is 1. The first-order valence-corrected chi connectivity index (χ1v) is 14.4. The van der Waals surface area contributed by atoms with Gasteiger partial charge in [-0.2, -0.15) is 0 Å². The lowest BCUT2D eigenvalue weighted by Crippen LogP contribution is -2.33. The maximum absolute atomic E-state index is 13.6. The van der Waals surface area contributed by atoms with Gasteiger partial charge in [0.15, 0.2) is 0 Å². The zero-order valence-corrected chi connectivity index (χ0v) is 23.8. The lowest BCUT2D eigenvalue weighted by atomic mass is 10.1. The predicted molar refractivity (Wildman–Crippen MR) is 166 cm³/mol. The molecule has 4 aromatic rings. The monoisotopic (exact) mass is 567 g/mol. The average Bonchev–Trinajstić information content (AvgIpc) is 2.98. The summed E-state index contributed by atoms with van der Waals surface area (Å²) in [5, 5.41) is 3.64. The molecule has 1 aliphatic heterocycles. The summed E-state index contributed by atoms with van der Waals surface area (Å²) >= 11 is 7.65. The van der Waals surface area contributed by atoms with E-state index in [1.807, 2.05) is 84.9 Å². The zero-order valence-electron chi connectivity index (χ0n) is 22.2. The molecule has 5 rings (SSSR count). The van der Waals surface area contributed by atoms with Crippen LogP contribution in [0.15, 0.2) is 113 Å². The van der Waals surface area contributed by atoms with Crippen molar-refractivity contribution in [2.75, 3.05) is 29.9 Å². The molecular weight excluding hydrogens is 538 g/mol. The first-order chi connectivity index (χ1) is 19.5. The molecule has 5 nitrogen and oxygen atoms in total. The highest BCUT2D eigenvalue weighted by Gasteiger charge is 2.29. The first-order valence-electron chi connectivity index (χ1n) is 13.2. The molecule has 0 saturated carbocycles. The number of fused-ring (bicyclic) bond motifs is 1. The smallest absolute Gasteiger partial charge is 0.265 e. The number of hydrogen-bond acceptors (Lipinski definition) is 4. The minimum atomic E-state index is -0.105. The van der Waals surface area contributed by atoms with E-state index in [-0.39, 0.29) is 11.8 Å². The number of rotatable bonds is 9. The van der Waals surface area contributed by atoms with Crippen molar-refractivity contribution in [2.45, 2.75) is 17.9 Å². The highest BCUT2D eigenvalue weighted by atomic mass is 35.5. The quantitative estimate of drug-likeness (QED) is 0.171. The van der Waals surface area contributed by atoms with E-state index < -0.39 is 0 Å². The van der Waals surface area contributed by atoms with Gasteiger partial charge in [0, 0.05) is 41.3 Å². The van der Waals surface area contributed by atoms with Crippen molar-refractivity contribution in [3.05, 3.63) is 130 Å². The third-order valence-electron chi connectivity index (χ3n) is 6.69. The molecule has 0 bridgehead atoms. The maximum atomic E-state index is 13.6. The van der Waals surface area contributed by atoms with Gasteiger partial charge < -0.3 is 15.1 Å². The summed E-state index contributed by atoms with van der Waals surface area (Å²) < 4.78 is 0. The molecule has 202 valence electrons. The Morgan fingerprint density at radius 1 is 0.950 bits per heavy atom. The average molecular weight is 568 g/mol. The van der Waals surface area contributed by atoms with Gasteiger partial charge in [-0.3, -0.25) is 9.59 Å². The Bertz CT molecular complexity index is 1520. The third kappa shape index (κ3) is 6.76. The molecule has 1 N–H and O–H groups in total. The number of nitrogens with one attached hydrogen (secondary N) is 1. The fourth-order valence-electron chi connectivity index (χ4n) is 4.55. The van der Waals surface area contributed by atoms with E-state index in [2.05, 4.69) is 29.4 Å². The highest BCUT2D eigenvalue weighted by molar-refractivity contribution is 8.04. The van der Waals surface area contributed by atoms with Crippen molar-refractivity contribution < 1.29 is 9.59 Å². The van der Waals surface area contributed by atoms with Crippen molar-refractivity contribution in [3.8, 4) is 0 Å². The van der Waals surface area contributed by atoms with Gasteiger partial charge in [-0.15, -0.1) is 0 Å². The Morgan fingerprint density at radius 2 is 1.70 bits per heavy atom. The van der Waals surface area contributed by atoms with Crippen LogP contribution in [0.4, 0.5) is 11.4 Å². The molecule has 0 fully saturated rings. The Morgan fingerprint density at radius 3 is 2.48 bits per heavy atom. The second-order valence-corrected chi connectivity index (χ2v) is 11.1. The van der Waals surface area contributed by atoms with Gasteiger partial charge in [0.2, 0.25) is 0 Å². The van der Waals surface area contributed by atoms with Crippen LogP contribution in [0.3, 0.4) is 0 Å². The van der Waals surface area contributed by atoms with Crippen LogP contribution in [-0.2, 0) is 11.3 Å². The molecule has 1 aliphatic rings. The Balaban J connectivity index is 1.22. The summed E-state index contributed by atoms with van der Waals surface area (Å²) in [5.41, 5.74) is 4.46. The van der Waals surface area contributed by atoms with Crippen LogP contribution in [0.25, 0.3) is 6.08 Å². The van der Waals surface area contributed by atoms with Gasteiger partial charge in [0.25, 0.3) is 11.8 Å². The number of halogens is 1. The van der Waals surface area contributed by atoms with Gasteiger partial charge in [-0.05, 0) is 72.2 Å². The van der Waals surface area contributed by atoms with Crippen molar-refractivity contribution in [3.63, 3.8) is 0 Å². The number of nitrogens with zero attached hydrogens (tertiary/aromatic N) is 2. The molecule has 40 heavy (non-hydrogen) atoms. The molecule has 0 atom stereocenters. The number of benzene rings is 4. The minimum Gasteiger partial charge on any atom is -0.375 e. The minimum absolute atomic E-state index is 0.0639. The summed E-state index contributed by atoms with van der Waals surface area (Å²) in [6.45, 7) is 1.86. The molecule has 0 aliphatic carbocycles. The van der Waals surface area contributed by atoms with Crippen LogP contribution in [-0.4, -0.2) is 32.0 Å². The zero-order chi connectivity index (χ0) is 27.9. The number of hydrogen-bond donors (Lipinski definition) is 1. The van der Waals surface area contributed by atoms with E-state index in [1.54, 1.807) is 17.0 Å². The summed E-state index contributed by atoms with van der Waals surface area (Å²) in [5.74, 6) is -0.169. The molecule has 1 heterocycles. The van der Waals surface area contributed by atoms with Gasteiger partial charge in [0.05, 0.1) is 17.1 Å². The molecular formula is C33H30ClN3O2S. The van der Waals surface area contributed by atoms with Crippen LogP contribution < -0.4 is 15.1 Å². The van der Waals surface area contributed by atoms with Crippen LogP contribution in [0.5, 0.6) is 0 Å². The van der Waals surface area contributed by atoms with E-state index in [1.165, 1.54) is 11.8 Å². The van der Waals surface area contributed by atoms with Crippen molar-refractivity contribution >= 4 is 52.6 Å². The lowest BCUT2D eigenvalue weighted by molar-refractivity contribution is -0.114. The van der Waals surface area contributed by atoms with E-state index in [4.69, 9.17) is 11.6 Å². The topological polar surface area (TPSA) is 52.7 Å². The van der Waals surface area contributed by atoms with Crippen LogP contribution in [0, 0.1) is 0 Å². The normalized spacial score (nSPS) is 13.7. The Kier molecular flexibility index (Phi) is 8.89. The van der Waals surface area contributed by atoms with Crippen LogP contribution >= 0.6 is 23.4 Å². The molecule has 0 aromatic heterocycles. The predicted octanol–water partition coefficient (Wildman–Crippen LogP) is 7.28. The first kappa shape index (κ1) is 27.6. The number of para-hydroxylation sites is 2. The summed E-state index contributed by atoms with van der Waals surface area (Å²) in [4.78, 5) is 31.9. The number of carbonyl (C=O) groups is 2. The van der Waals surface area contributed by atoms with Gasteiger partial charge in [-0.1, -0.05) is 78.0 Å². The Labute approximate surface area is 244 Å². The third-order valence-corrected chi connectivity index (χ3v) is 8.00. The van der Waals surface area contributed by atoms with E-state index in [9.17, 15) is 9.59 Å². The van der Waals surface area contributed by atoms with E-state index in [0.717, 1.165) is 40.4 Å². The number of carbonyl (C=O) groups excluding carboxylic acids is 2. The summed E-state index contributed by atoms with van der Waals surface area (Å²) in [6, 6.07) is 33.0. The van der Waals surface area contributed by atoms with Gasteiger partial charge >= 0.3 is 0 Å². The van der Waals surface area contributed by atoms with Crippen molar-refractivity contribution in [1.29, 1.82) is 0 Å². The van der Waals surface area contributed by atoms with Crippen molar-refractivity contribution in [2.24, 2.45) is 0 Å². The Hall–Kier alpha value is -4.00. The van der Waals surface area contributed by atoms with Crippen molar-refractivity contribution in [1.82, 2.24) is 5.32 Å². The molecule has 0 unspecified atom stereocenters. The summed E-state index contributed by atoms with van der Waals surface area (Å²) in [7, 11) is 2.05. The summed E-state index contributed by atoms with van der Waals surface area (Å²) in [6.07, 6.45) is 2.73. The van der Waals surface area contributed by atoms with E-state index in [0.29, 0.717) is 28.6 Å². The second kappa shape index (κ2) is 12.9. The molecule has 0 radical (unpaired) electrons. The highest BCUT2D eigenvalue weighted by Crippen LogP contribution is 2.42. The van der Waals surface area contributed by atoms with Crippen LogP contribution in [0.2, 0.25) is 5.02 Å². The van der Waals surface area contributed by atoms with Gasteiger partial charge in [-0.25, -0.2) is 0 Å². The molecule has 4 aromatic carbocycles.